The Morgan fingerprint density at radius 3 is 1.48 bits per heavy atom. The minimum atomic E-state index is -1.67. The van der Waals surface area contributed by atoms with E-state index >= 15 is 0 Å². The molecule has 1 aliphatic heterocycles. The highest BCUT2D eigenvalue weighted by Crippen LogP contribution is 2.23. The van der Waals surface area contributed by atoms with Gasteiger partial charge in [0.25, 0.3) is 0 Å². The molecule has 1 saturated heterocycles. The second-order valence-electron chi connectivity index (χ2n) is 16.8. The van der Waals surface area contributed by atoms with Crippen molar-refractivity contribution >= 4 is 5.91 Å². The van der Waals surface area contributed by atoms with Crippen molar-refractivity contribution in [2.24, 2.45) is 0 Å². The Hall–Kier alpha value is -1.93. The first kappa shape index (κ1) is 56.1. The van der Waals surface area contributed by atoms with Crippen LogP contribution < -0.4 is 5.32 Å². The largest absolute Gasteiger partial charge is 0.394 e. The van der Waals surface area contributed by atoms with E-state index in [-0.39, 0.29) is 12.8 Å². The topological polar surface area (TPSA) is 189 Å². The maximum Gasteiger partial charge on any atom is 0.249 e. The lowest BCUT2D eigenvalue weighted by molar-refractivity contribution is -0.303. The quantitative estimate of drug-likeness (QED) is 0.0221. The number of hydrogen-bond donors (Lipinski definition) is 8. The molecule has 1 amide bonds. The lowest BCUT2D eigenvalue weighted by Gasteiger charge is -2.40. The van der Waals surface area contributed by atoms with Crippen LogP contribution in [0.2, 0.25) is 0 Å². The number of amides is 1. The molecule has 11 nitrogen and oxygen atoms in total. The molecule has 0 spiro atoms. The second kappa shape index (κ2) is 38.7. The predicted octanol–water partition coefficient (Wildman–Crippen LogP) is 8.17. The van der Waals surface area contributed by atoms with Gasteiger partial charge in [-0.2, -0.15) is 0 Å². The lowest BCUT2D eigenvalue weighted by atomic mass is 9.98. The summed E-state index contributed by atoms with van der Waals surface area (Å²) in [6.07, 6.45) is 34.4. The van der Waals surface area contributed by atoms with Gasteiger partial charge in [-0.3, -0.25) is 4.79 Å². The molecule has 0 aromatic carbocycles. The van der Waals surface area contributed by atoms with E-state index in [2.05, 4.69) is 67.8 Å². The summed E-state index contributed by atoms with van der Waals surface area (Å²) in [7, 11) is 0. The van der Waals surface area contributed by atoms with Crippen LogP contribution in [0.5, 0.6) is 0 Å². The fourth-order valence-electron chi connectivity index (χ4n) is 7.29. The minimum absolute atomic E-state index is 0.234. The summed E-state index contributed by atoms with van der Waals surface area (Å²) in [5, 5.41) is 75.7. The first-order valence-electron chi connectivity index (χ1n) is 24.0. The van der Waals surface area contributed by atoms with Crippen molar-refractivity contribution in [3.05, 3.63) is 48.6 Å². The van der Waals surface area contributed by atoms with Crippen molar-refractivity contribution in [2.75, 3.05) is 13.2 Å². The van der Waals surface area contributed by atoms with Crippen LogP contribution >= 0.6 is 0 Å². The van der Waals surface area contributed by atoms with Crippen molar-refractivity contribution in [2.45, 2.75) is 242 Å². The Kier molecular flexibility index (Phi) is 36.2. The van der Waals surface area contributed by atoms with Crippen LogP contribution in [-0.4, -0.2) is 110 Å². The molecule has 1 rings (SSSR count). The summed E-state index contributed by atoms with van der Waals surface area (Å²) in [6, 6.07) is -1.20. The van der Waals surface area contributed by atoms with Gasteiger partial charge in [-0.05, 0) is 89.9 Å². The summed E-state index contributed by atoms with van der Waals surface area (Å²) in [6.45, 7) is 3.39. The molecule has 0 aliphatic carbocycles. The average molecular weight is 852 g/mol. The molecule has 0 aromatic heterocycles. The fraction of sp³-hybridized carbons (Fsp3) is 0.816. The number of carbonyl (C=O) groups excluding carboxylic acids is 1. The second-order valence-corrected chi connectivity index (χ2v) is 16.8. The van der Waals surface area contributed by atoms with Crippen molar-refractivity contribution in [1.82, 2.24) is 5.32 Å². The van der Waals surface area contributed by atoms with Crippen molar-refractivity contribution < 1.29 is 50.0 Å². The number of aliphatic hydroxyl groups is 7. The van der Waals surface area contributed by atoms with Gasteiger partial charge in [-0.15, -0.1) is 0 Å². The minimum Gasteiger partial charge on any atom is -0.394 e. The predicted molar refractivity (Wildman–Crippen MR) is 242 cm³/mol. The van der Waals surface area contributed by atoms with E-state index in [9.17, 15) is 40.5 Å². The van der Waals surface area contributed by atoms with Gasteiger partial charge >= 0.3 is 0 Å². The van der Waals surface area contributed by atoms with Crippen LogP contribution in [0.15, 0.2) is 48.6 Å². The number of carbonyl (C=O) groups is 1. The summed E-state index contributed by atoms with van der Waals surface area (Å²) in [5.41, 5.74) is 0. The molecular weight excluding hydrogens is 763 g/mol. The zero-order chi connectivity index (χ0) is 44.1. The van der Waals surface area contributed by atoms with E-state index < -0.39 is 74.2 Å². The monoisotopic (exact) mass is 852 g/mol. The Labute approximate surface area is 364 Å². The number of rotatable bonds is 39. The van der Waals surface area contributed by atoms with E-state index in [0.717, 1.165) is 57.8 Å². The summed E-state index contributed by atoms with van der Waals surface area (Å²) >= 11 is 0. The van der Waals surface area contributed by atoms with E-state index in [1.807, 2.05) is 0 Å². The van der Waals surface area contributed by atoms with E-state index in [1.54, 1.807) is 0 Å². The maximum atomic E-state index is 13.1. The normalized spacial score (nSPS) is 22.1. The fourth-order valence-corrected chi connectivity index (χ4v) is 7.29. The number of ether oxygens (including phenoxy) is 2. The first-order valence-corrected chi connectivity index (χ1v) is 24.0. The summed E-state index contributed by atoms with van der Waals surface area (Å²) in [5.74, 6) is -0.724. The van der Waals surface area contributed by atoms with Crippen LogP contribution in [-0.2, 0) is 14.3 Å². The molecule has 350 valence electrons. The maximum absolute atomic E-state index is 13.1. The highest BCUT2D eigenvalue weighted by atomic mass is 16.7. The molecule has 1 aliphatic rings. The number of nitrogens with one attached hydrogen (secondary N) is 1. The van der Waals surface area contributed by atoms with Crippen molar-refractivity contribution in [1.29, 1.82) is 0 Å². The molecule has 8 N–H and O–H groups in total. The third kappa shape index (κ3) is 27.9. The number of aliphatic hydroxyl groups excluding tert-OH is 7. The Balaban J connectivity index is 2.50. The number of hydrogen-bond acceptors (Lipinski definition) is 10. The number of allylic oxidation sites excluding steroid dienone is 8. The third-order valence-corrected chi connectivity index (χ3v) is 11.3. The van der Waals surface area contributed by atoms with Crippen LogP contribution in [0.25, 0.3) is 0 Å². The number of unbranched alkanes of at least 4 members (excludes halogenated alkanes) is 19. The lowest BCUT2D eigenvalue weighted by Crippen LogP contribution is -2.60. The summed E-state index contributed by atoms with van der Waals surface area (Å²) < 4.78 is 11.1. The Morgan fingerprint density at radius 1 is 0.567 bits per heavy atom. The van der Waals surface area contributed by atoms with Crippen LogP contribution in [0.1, 0.15) is 187 Å². The van der Waals surface area contributed by atoms with Crippen LogP contribution in [0.3, 0.4) is 0 Å². The van der Waals surface area contributed by atoms with Crippen LogP contribution in [0.4, 0.5) is 0 Å². The Bertz CT molecular complexity index is 1110. The molecule has 0 bridgehead atoms. The molecular formula is C49H89NO10. The zero-order valence-electron chi connectivity index (χ0n) is 37.7. The molecule has 9 unspecified atom stereocenters. The standard InChI is InChI=1S/C49H89NO10/c1-3-5-7-9-11-13-15-17-19-20-21-23-24-26-28-30-32-34-36-41(52)44(54)40(39-59-49-47(57)46(56)45(55)43(38-51)60-49)50-48(58)42(53)37-35-33-31-29-27-25-22-18-16-14-12-10-8-6-4-2/h15,17,21-23,25,28,30,40-47,49,51-57H,3-14,16,18-20,24,26-27,29,31-39H2,1-2H3,(H,50,58)/b17-15+,23-21+,25-22-,30-28+. The van der Waals surface area contributed by atoms with Crippen molar-refractivity contribution in [3.63, 3.8) is 0 Å². The highest BCUT2D eigenvalue weighted by molar-refractivity contribution is 5.80. The summed E-state index contributed by atoms with van der Waals surface area (Å²) in [4.78, 5) is 13.1. The van der Waals surface area contributed by atoms with E-state index in [1.165, 1.54) is 83.5 Å². The van der Waals surface area contributed by atoms with Gasteiger partial charge in [-0.1, -0.05) is 146 Å². The van der Waals surface area contributed by atoms with E-state index in [0.29, 0.717) is 19.3 Å². The van der Waals surface area contributed by atoms with Gasteiger partial charge < -0.3 is 50.5 Å². The average Bonchev–Trinajstić information content (AvgIpc) is 3.25. The van der Waals surface area contributed by atoms with Gasteiger partial charge in [0.1, 0.15) is 36.6 Å². The molecule has 1 heterocycles. The molecule has 0 aromatic rings. The molecule has 11 heteroatoms. The van der Waals surface area contributed by atoms with Gasteiger partial charge in [0.05, 0.1) is 25.4 Å². The molecule has 1 fully saturated rings. The molecule has 9 atom stereocenters. The zero-order valence-corrected chi connectivity index (χ0v) is 37.7. The third-order valence-electron chi connectivity index (χ3n) is 11.3. The molecule has 0 radical (unpaired) electrons. The highest BCUT2D eigenvalue weighted by Gasteiger charge is 2.44. The van der Waals surface area contributed by atoms with E-state index in [4.69, 9.17) is 9.47 Å². The van der Waals surface area contributed by atoms with Crippen LogP contribution in [0, 0.1) is 0 Å². The molecule has 0 saturated carbocycles. The smallest absolute Gasteiger partial charge is 0.249 e. The van der Waals surface area contributed by atoms with Gasteiger partial charge in [0.2, 0.25) is 5.91 Å². The Morgan fingerprint density at radius 2 is 1.00 bits per heavy atom. The van der Waals surface area contributed by atoms with Crippen molar-refractivity contribution in [3.8, 4) is 0 Å². The first-order chi connectivity index (χ1) is 29.2. The van der Waals surface area contributed by atoms with Gasteiger partial charge in [-0.25, -0.2) is 0 Å². The SMILES string of the molecule is CCCCCCC/C=C/CC/C=C/CC/C=C/CCCC(O)C(O)C(COC1OC(CO)C(O)C(O)C1O)NC(=O)C(O)CCCCCC/C=C\CCCCCCCCC. The molecule has 60 heavy (non-hydrogen) atoms. The van der Waals surface area contributed by atoms with Gasteiger partial charge in [0, 0.05) is 0 Å². The van der Waals surface area contributed by atoms with Gasteiger partial charge in [0.15, 0.2) is 6.29 Å².